The molecule has 1 N–H and O–H groups in total. The number of hydrogen-bond acceptors (Lipinski definition) is 4. The second-order valence-electron chi connectivity index (χ2n) is 9.15. The molecule has 2 amide bonds. The predicted octanol–water partition coefficient (Wildman–Crippen LogP) is 4.97. The third-order valence-electron chi connectivity index (χ3n) is 6.19. The zero-order chi connectivity index (χ0) is 25.9. The fourth-order valence-corrected chi connectivity index (χ4v) is 4.27. The van der Waals surface area contributed by atoms with Gasteiger partial charge in [0, 0.05) is 31.4 Å². The number of piperidine rings is 1. The smallest absolute Gasteiger partial charge is 0.348 e. The van der Waals surface area contributed by atoms with E-state index in [1.165, 1.54) is 16.9 Å². The van der Waals surface area contributed by atoms with Gasteiger partial charge in [-0.3, -0.25) is 9.59 Å². The van der Waals surface area contributed by atoms with Gasteiger partial charge < -0.3 is 10.2 Å². The van der Waals surface area contributed by atoms with Gasteiger partial charge >= 0.3 is 6.18 Å². The van der Waals surface area contributed by atoms with Crippen LogP contribution in [0.25, 0.3) is 5.82 Å². The van der Waals surface area contributed by atoms with Crippen molar-refractivity contribution >= 4 is 11.8 Å². The summed E-state index contributed by atoms with van der Waals surface area (Å²) in [5.74, 6) is -0.279. The molecule has 1 saturated heterocycles. The van der Waals surface area contributed by atoms with Crippen LogP contribution in [-0.4, -0.2) is 44.6 Å². The Hall–Kier alpha value is -3.69. The topological polar surface area (TPSA) is 80.1 Å². The third-order valence-corrected chi connectivity index (χ3v) is 6.19. The molecule has 0 bridgehead atoms. The first-order chi connectivity index (χ1) is 17.1. The summed E-state index contributed by atoms with van der Waals surface area (Å²) in [4.78, 5) is 31.4. The van der Waals surface area contributed by atoms with Crippen molar-refractivity contribution < 1.29 is 22.8 Å². The molecule has 0 atom stereocenters. The predicted molar refractivity (Wildman–Crippen MR) is 128 cm³/mol. The van der Waals surface area contributed by atoms with Gasteiger partial charge in [0.25, 0.3) is 11.8 Å². The molecule has 36 heavy (non-hydrogen) atoms. The van der Waals surface area contributed by atoms with Gasteiger partial charge in [-0.2, -0.15) is 18.3 Å². The molecule has 0 radical (unpaired) electrons. The molecular weight excluding hydrogens is 471 g/mol. The fourth-order valence-electron chi connectivity index (χ4n) is 4.27. The number of amides is 2. The van der Waals surface area contributed by atoms with Crippen molar-refractivity contribution in [3.8, 4) is 5.82 Å². The normalized spacial score (nSPS) is 14.2. The Bertz CT molecular complexity index is 1210. The Kier molecular flexibility index (Phi) is 7.42. The molecule has 0 unspecified atom stereocenters. The van der Waals surface area contributed by atoms with Crippen LogP contribution in [0.2, 0.25) is 0 Å². The first-order valence-corrected chi connectivity index (χ1v) is 11.9. The molecule has 3 heterocycles. The minimum atomic E-state index is -4.49. The van der Waals surface area contributed by atoms with Gasteiger partial charge in [0.2, 0.25) is 0 Å². The monoisotopic (exact) mass is 499 g/mol. The van der Waals surface area contributed by atoms with Crippen LogP contribution in [0.4, 0.5) is 13.2 Å². The summed E-state index contributed by atoms with van der Waals surface area (Å²) in [6.45, 7) is 5.55. The highest BCUT2D eigenvalue weighted by atomic mass is 19.4. The highest BCUT2D eigenvalue weighted by Gasteiger charge is 2.31. The third kappa shape index (κ3) is 5.58. The molecule has 1 fully saturated rings. The Morgan fingerprint density at radius 3 is 2.28 bits per heavy atom. The molecule has 1 aliphatic rings. The average Bonchev–Trinajstić information content (AvgIpc) is 3.33. The molecule has 0 saturated carbocycles. The molecule has 2 aromatic heterocycles. The van der Waals surface area contributed by atoms with E-state index in [0.29, 0.717) is 16.8 Å². The Labute approximate surface area is 207 Å². The number of carbonyl (C=O) groups excluding carboxylic acids is 2. The number of halogens is 3. The molecule has 0 spiro atoms. The van der Waals surface area contributed by atoms with Crippen LogP contribution in [0.5, 0.6) is 0 Å². The van der Waals surface area contributed by atoms with E-state index in [0.717, 1.165) is 50.2 Å². The lowest BCUT2D eigenvalue weighted by Gasteiger charge is -2.26. The number of hydrogen-bond donors (Lipinski definition) is 1. The van der Waals surface area contributed by atoms with Gasteiger partial charge in [-0.05, 0) is 55.0 Å². The number of aromatic nitrogens is 3. The molecule has 190 valence electrons. The second-order valence-corrected chi connectivity index (χ2v) is 9.15. The van der Waals surface area contributed by atoms with Crippen LogP contribution in [0.3, 0.4) is 0 Å². The van der Waals surface area contributed by atoms with E-state index in [4.69, 9.17) is 0 Å². The summed E-state index contributed by atoms with van der Waals surface area (Å²) in [5.41, 5.74) is 1.47. The lowest BCUT2D eigenvalue weighted by atomic mass is 10.0. The number of rotatable bonds is 6. The van der Waals surface area contributed by atoms with Crippen LogP contribution >= 0.6 is 0 Å². The minimum absolute atomic E-state index is 0.0242. The second kappa shape index (κ2) is 10.5. The molecule has 7 nitrogen and oxygen atoms in total. The van der Waals surface area contributed by atoms with Gasteiger partial charge in [0.1, 0.15) is 0 Å². The standard InChI is InChI=1S/C26H28F3N5O2/c1-17(2)23-21(16-32-34(23)22-11-10-20(15-30-22)26(27,28)29)24(35)31-14-18-6-8-19(9-7-18)25(36)33-12-4-3-5-13-33/h6-11,15-17H,3-5,12-14H2,1-2H3,(H,31,35). The fraction of sp³-hybridized carbons (Fsp3) is 0.385. The van der Waals surface area contributed by atoms with Crippen molar-refractivity contribution in [1.29, 1.82) is 0 Å². The first-order valence-electron chi connectivity index (χ1n) is 11.9. The number of nitrogens with one attached hydrogen (secondary N) is 1. The van der Waals surface area contributed by atoms with E-state index in [-0.39, 0.29) is 30.1 Å². The van der Waals surface area contributed by atoms with Crippen LogP contribution in [-0.2, 0) is 12.7 Å². The van der Waals surface area contributed by atoms with Gasteiger partial charge in [-0.25, -0.2) is 9.67 Å². The van der Waals surface area contributed by atoms with E-state index in [1.54, 1.807) is 12.1 Å². The lowest BCUT2D eigenvalue weighted by Crippen LogP contribution is -2.35. The largest absolute Gasteiger partial charge is 0.417 e. The Morgan fingerprint density at radius 2 is 1.69 bits per heavy atom. The van der Waals surface area contributed by atoms with Crippen molar-refractivity contribution in [2.24, 2.45) is 0 Å². The molecular formula is C26H28F3N5O2. The van der Waals surface area contributed by atoms with Crippen molar-refractivity contribution in [2.45, 2.75) is 51.7 Å². The summed E-state index contributed by atoms with van der Waals surface area (Å²) in [7, 11) is 0. The summed E-state index contributed by atoms with van der Waals surface area (Å²) in [5, 5.41) is 7.08. The highest BCUT2D eigenvalue weighted by Crippen LogP contribution is 2.29. The number of pyridine rings is 1. The Balaban J connectivity index is 1.44. The maximum Gasteiger partial charge on any atom is 0.417 e. The zero-order valence-electron chi connectivity index (χ0n) is 20.2. The maximum absolute atomic E-state index is 13.0. The summed E-state index contributed by atoms with van der Waals surface area (Å²) >= 11 is 0. The molecule has 1 aliphatic heterocycles. The SMILES string of the molecule is CC(C)c1c(C(=O)NCc2ccc(C(=O)N3CCCCC3)cc2)cnn1-c1ccc(C(F)(F)F)cn1. The van der Waals surface area contributed by atoms with Gasteiger partial charge in [0.15, 0.2) is 5.82 Å². The van der Waals surface area contributed by atoms with E-state index in [9.17, 15) is 22.8 Å². The van der Waals surface area contributed by atoms with Crippen LogP contribution in [0.15, 0.2) is 48.8 Å². The van der Waals surface area contributed by atoms with Gasteiger partial charge in [0.05, 0.1) is 23.0 Å². The summed E-state index contributed by atoms with van der Waals surface area (Å²) in [6.07, 6.45) is 0.867. The highest BCUT2D eigenvalue weighted by molar-refractivity contribution is 5.95. The maximum atomic E-state index is 13.0. The average molecular weight is 500 g/mol. The van der Waals surface area contributed by atoms with Crippen molar-refractivity contribution in [3.63, 3.8) is 0 Å². The van der Waals surface area contributed by atoms with Crippen LogP contribution in [0, 0.1) is 0 Å². The number of alkyl halides is 3. The van der Waals surface area contributed by atoms with Crippen LogP contribution in [0.1, 0.15) is 76.6 Å². The number of benzene rings is 1. The van der Waals surface area contributed by atoms with E-state index >= 15 is 0 Å². The number of carbonyl (C=O) groups is 2. The molecule has 10 heteroatoms. The summed E-state index contributed by atoms with van der Waals surface area (Å²) < 4.78 is 40.0. The van der Waals surface area contributed by atoms with Crippen molar-refractivity contribution in [3.05, 3.63) is 76.7 Å². The molecule has 1 aromatic carbocycles. The Morgan fingerprint density at radius 1 is 1.00 bits per heavy atom. The van der Waals surface area contributed by atoms with Crippen LogP contribution < -0.4 is 5.32 Å². The summed E-state index contributed by atoms with van der Waals surface area (Å²) in [6, 6.07) is 9.34. The number of nitrogens with zero attached hydrogens (tertiary/aromatic N) is 4. The minimum Gasteiger partial charge on any atom is -0.348 e. The molecule has 4 rings (SSSR count). The van der Waals surface area contributed by atoms with E-state index in [1.807, 2.05) is 30.9 Å². The molecule has 3 aromatic rings. The quantitative estimate of drug-likeness (QED) is 0.520. The van der Waals surface area contributed by atoms with Gasteiger partial charge in [-0.1, -0.05) is 26.0 Å². The first kappa shape index (κ1) is 25.4. The van der Waals surface area contributed by atoms with Gasteiger partial charge in [-0.15, -0.1) is 0 Å². The molecule has 0 aliphatic carbocycles. The van der Waals surface area contributed by atoms with Crippen molar-refractivity contribution in [2.75, 3.05) is 13.1 Å². The number of likely N-dealkylation sites (tertiary alicyclic amines) is 1. The van der Waals surface area contributed by atoms with E-state index < -0.39 is 11.7 Å². The van der Waals surface area contributed by atoms with Crippen molar-refractivity contribution in [1.82, 2.24) is 25.0 Å². The zero-order valence-corrected chi connectivity index (χ0v) is 20.2. The van der Waals surface area contributed by atoms with E-state index in [2.05, 4.69) is 15.4 Å². The lowest BCUT2D eigenvalue weighted by molar-refractivity contribution is -0.137.